The summed E-state index contributed by atoms with van der Waals surface area (Å²) < 4.78 is 0. The van der Waals surface area contributed by atoms with Crippen LogP contribution in [0.1, 0.15) is 33.4 Å². The van der Waals surface area contributed by atoms with E-state index in [1.807, 2.05) is 35.3 Å². The summed E-state index contributed by atoms with van der Waals surface area (Å²) in [5.41, 5.74) is 9.17. The van der Waals surface area contributed by atoms with Gasteiger partial charge in [0.25, 0.3) is 0 Å². The van der Waals surface area contributed by atoms with Crippen molar-refractivity contribution in [3.63, 3.8) is 0 Å². The normalized spacial score (nSPS) is 11.2. The van der Waals surface area contributed by atoms with E-state index in [1.165, 1.54) is 16.7 Å². The number of thiol groups is 3. The minimum Gasteiger partial charge on any atom is -0.179 e. The van der Waals surface area contributed by atoms with E-state index >= 15 is 0 Å². The van der Waals surface area contributed by atoms with Crippen molar-refractivity contribution in [1.82, 2.24) is 0 Å². The van der Waals surface area contributed by atoms with Crippen LogP contribution in [0.3, 0.4) is 0 Å². The lowest BCUT2D eigenvalue weighted by atomic mass is 9.90. The van der Waals surface area contributed by atoms with Crippen molar-refractivity contribution in [2.45, 2.75) is 38.0 Å². The maximum atomic E-state index is 4.35. The lowest BCUT2D eigenvalue weighted by Crippen LogP contribution is -2.07. The second-order valence-corrected chi connectivity index (χ2v) is 10.3. The van der Waals surface area contributed by atoms with Crippen LogP contribution in [-0.4, -0.2) is 34.5 Å². The molecule has 0 bridgehead atoms. The molecular formula is C18H30S6. The Balaban J connectivity index is 3.14. The van der Waals surface area contributed by atoms with Crippen molar-refractivity contribution in [3.05, 3.63) is 33.4 Å². The Hall–Kier alpha value is 1.32. The molecule has 0 aliphatic carbocycles. The topological polar surface area (TPSA) is 0 Å². The van der Waals surface area contributed by atoms with E-state index in [-0.39, 0.29) is 0 Å². The molecule has 0 nitrogen and oxygen atoms in total. The molecule has 1 rings (SSSR count). The van der Waals surface area contributed by atoms with E-state index in [1.54, 1.807) is 16.7 Å². The molecule has 1 aromatic rings. The average Bonchev–Trinajstić information content (AvgIpc) is 2.57. The van der Waals surface area contributed by atoms with Gasteiger partial charge in [0.05, 0.1) is 0 Å². The first-order chi connectivity index (χ1) is 11.6. The first-order valence-corrected chi connectivity index (χ1v) is 13.6. The van der Waals surface area contributed by atoms with Gasteiger partial charge in [-0.1, -0.05) is 0 Å². The van der Waals surface area contributed by atoms with Gasteiger partial charge in [0.1, 0.15) is 0 Å². The smallest absolute Gasteiger partial charge is 0.0190 e. The molecule has 0 saturated carbocycles. The molecule has 0 aliphatic heterocycles. The molecule has 6 heteroatoms. The summed E-state index contributed by atoms with van der Waals surface area (Å²) in [6.07, 6.45) is 0. The fourth-order valence-corrected chi connectivity index (χ4v) is 6.65. The molecule has 0 N–H and O–H groups in total. The summed E-state index contributed by atoms with van der Waals surface area (Å²) in [4.78, 5) is 0. The van der Waals surface area contributed by atoms with Gasteiger partial charge in [-0.2, -0.15) is 73.2 Å². The third-order valence-corrected chi connectivity index (χ3v) is 8.70. The van der Waals surface area contributed by atoms with E-state index in [2.05, 4.69) is 58.7 Å². The van der Waals surface area contributed by atoms with Gasteiger partial charge in [0, 0.05) is 34.5 Å². The first-order valence-electron chi connectivity index (χ1n) is 8.24. The number of rotatable bonds is 12. The van der Waals surface area contributed by atoms with Gasteiger partial charge >= 0.3 is 0 Å². The van der Waals surface area contributed by atoms with E-state index in [4.69, 9.17) is 0 Å². The standard InChI is InChI=1S/C18H30S6/c1-13-16(10-22-7-4-19)14(2)18(12-24-9-6-21)15(3)17(13)11-23-8-5-20/h19-21H,4-12H2,1-3H3. The summed E-state index contributed by atoms with van der Waals surface area (Å²) in [5.74, 6) is 9.50. The SMILES string of the molecule is Cc1c(CSCCS)c(C)c(CSCCS)c(C)c1CSCCS. The summed E-state index contributed by atoms with van der Waals surface area (Å²) in [6, 6.07) is 0. The summed E-state index contributed by atoms with van der Waals surface area (Å²) in [7, 11) is 0. The van der Waals surface area contributed by atoms with Gasteiger partial charge in [-0.05, 0) is 71.4 Å². The molecule has 0 atom stereocenters. The van der Waals surface area contributed by atoms with E-state index in [9.17, 15) is 0 Å². The van der Waals surface area contributed by atoms with Crippen molar-refractivity contribution in [2.75, 3.05) is 34.5 Å². The largest absolute Gasteiger partial charge is 0.179 e. The van der Waals surface area contributed by atoms with Crippen LogP contribution in [0.25, 0.3) is 0 Å². The van der Waals surface area contributed by atoms with Crippen molar-refractivity contribution in [3.8, 4) is 0 Å². The first kappa shape index (κ1) is 23.4. The number of thioether (sulfide) groups is 3. The Kier molecular flexibility index (Phi) is 13.1. The van der Waals surface area contributed by atoms with Gasteiger partial charge < -0.3 is 0 Å². The van der Waals surface area contributed by atoms with Crippen LogP contribution in [-0.2, 0) is 17.3 Å². The maximum absolute atomic E-state index is 4.35. The van der Waals surface area contributed by atoms with Crippen LogP contribution in [0.15, 0.2) is 0 Å². The minimum atomic E-state index is 0.948. The van der Waals surface area contributed by atoms with Crippen LogP contribution in [0, 0.1) is 20.8 Å². The summed E-state index contributed by atoms with van der Waals surface area (Å²) >= 11 is 19.0. The molecule has 0 spiro atoms. The highest BCUT2D eigenvalue weighted by Gasteiger charge is 2.17. The predicted octanol–water partition coefficient (Wildman–Crippen LogP) is 6.10. The van der Waals surface area contributed by atoms with Crippen molar-refractivity contribution >= 4 is 73.2 Å². The number of hydrogen-bond donors (Lipinski definition) is 3. The molecule has 0 aromatic heterocycles. The van der Waals surface area contributed by atoms with Gasteiger partial charge in [0.2, 0.25) is 0 Å². The van der Waals surface area contributed by atoms with Crippen molar-refractivity contribution in [1.29, 1.82) is 0 Å². The summed E-state index contributed by atoms with van der Waals surface area (Å²) in [5, 5.41) is 0. The predicted molar refractivity (Wildman–Crippen MR) is 131 cm³/mol. The van der Waals surface area contributed by atoms with E-state index in [0.29, 0.717) is 0 Å². The Morgan fingerprint density at radius 3 is 1.00 bits per heavy atom. The third-order valence-electron chi connectivity index (χ3n) is 4.16. The average molecular weight is 439 g/mol. The zero-order valence-corrected chi connectivity index (χ0v) is 20.1. The second-order valence-electron chi connectivity index (χ2n) is 5.64. The Labute approximate surface area is 178 Å². The van der Waals surface area contributed by atoms with E-state index in [0.717, 1.165) is 51.8 Å². The van der Waals surface area contributed by atoms with Crippen molar-refractivity contribution < 1.29 is 0 Å². The Morgan fingerprint density at radius 1 is 0.542 bits per heavy atom. The molecule has 0 radical (unpaired) electrons. The molecule has 1 aromatic carbocycles. The molecular weight excluding hydrogens is 409 g/mol. The molecule has 0 aliphatic rings. The van der Waals surface area contributed by atoms with Crippen LogP contribution in [0.4, 0.5) is 0 Å². The highest BCUT2D eigenvalue weighted by molar-refractivity contribution is 7.99. The molecule has 0 heterocycles. The highest BCUT2D eigenvalue weighted by Crippen LogP contribution is 2.34. The molecule has 0 fully saturated rings. The molecule has 0 amide bonds. The van der Waals surface area contributed by atoms with Gasteiger partial charge in [-0.15, -0.1) is 0 Å². The lowest BCUT2D eigenvalue weighted by Gasteiger charge is -2.22. The lowest BCUT2D eigenvalue weighted by molar-refractivity contribution is 1.10. The van der Waals surface area contributed by atoms with Gasteiger partial charge in [0.15, 0.2) is 0 Å². The molecule has 24 heavy (non-hydrogen) atoms. The van der Waals surface area contributed by atoms with Crippen LogP contribution in [0.2, 0.25) is 0 Å². The van der Waals surface area contributed by atoms with Crippen LogP contribution in [0.5, 0.6) is 0 Å². The fraction of sp³-hybridized carbons (Fsp3) is 0.667. The monoisotopic (exact) mass is 438 g/mol. The Bertz CT molecular complexity index is 408. The molecule has 138 valence electrons. The highest BCUT2D eigenvalue weighted by atomic mass is 32.2. The number of hydrogen-bond acceptors (Lipinski definition) is 6. The number of benzene rings is 1. The van der Waals surface area contributed by atoms with E-state index < -0.39 is 0 Å². The molecule has 0 unspecified atom stereocenters. The van der Waals surface area contributed by atoms with Crippen LogP contribution >= 0.6 is 73.2 Å². The maximum Gasteiger partial charge on any atom is 0.0190 e. The Morgan fingerprint density at radius 2 is 0.792 bits per heavy atom. The quantitative estimate of drug-likeness (QED) is 0.267. The zero-order valence-electron chi connectivity index (χ0n) is 14.9. The van der Waals surface area contributed by atoms with Crippen LogP contribution < -0.4 is 0 Å². The summed E-state index contributed by atoms with van der Waals surface area (Å²) in [6.45, 7) is 6.95. The second kappa shape index (κ2) is 13.5. The molecule has 0 saturated heterocycles. The zero-order chi connectivity index (χ0) is 17.9. The van der Waals surface area contributed by atoms with Gasteiger partial charge in [-0.25, -0.2) is 0 Å². The van der Waals surface area contributed by atoms with Gasteiger partial charge in [-0.3, -0.25) is 0 Å². The third kappa shape index (κ3) is 7.15. The van der Waals surface area contributed by atoms with Crippen molar-refractivity contribution in [2.24, 2.45) is 0 Å². The fourth-order valence-electron chi connectivity index (χ4n) is 2.76. The minimum absolute atomic E-state index is 0.948.